The molecular formula is C24H34N8O2. The topological polar surface area (TPSA) is 99.1 Å². The van der Waals surface area contributed by atoms with E-state index in [9.17, 15) is 4.79 Å². The molecule has 1 aromatic carbocycles. The molecule has 34 heavy (non-hydrogen) atoms. The van der Waals surface area contributed by atoms with Crippen LogP contribution in [0.1, 0.15) is 23.2 Å². The molecule has 0 unspecified atom stereocenters. The van der Waals surface area contributed by atoms with Crippen molar-refractivity contribution >= 4 is 28.7 Å². The van der Waals surface area contributed by atoms with Gasteiger partial charge < -0.3 is 30.5 Å². The third-order valence-corrected chi connectivity index (χ3v) is 6.02. The monoisotopic (exact) mass is 466 g/mol. The van der Waals surface area contributed by atoms with Gasteiger partial charge in [-0.25, -0.2) is 9.50 Å². The molecule has 1 saturated heterocycles. The van der Waals surface area contributed by atoms with E-state index in [4.69, 9.17) is 4.74 Å². The van der Waals surface area contributed by atoms with Gasteiger partial charge in [-0.2, -0.15) is 5.10 Å². The van der Waals surface area contributed by atoms with Gasteiger partial charge in [0.15, 0.2) is 5.65 Å². The van der Waals surface area contributed by atoms with Gasteiger partial charge in [0.2, 0.25) is 0 Å². The molecule has 182 valence electrons. The van der Waals surface area contributed by atoms with E-state index >= 15 is 0 Å². The number of benzene rings is 1. The number of ether oxygens (including phenoxy) is 1. The number of hydrogen-bond acceptors (Lipinski definition) is 8. The number of anilines is 3. The van der Waals surface area contributed by atoms with E-state index < -0.39 is 0 Å². The maximum absolute atomic E-state index is 13.1. The lowest BCUT2D eigenvalue weighted by molar-refractivity contribution is 0.102. The second-order valence-corrected chi connectivity index (χ2v) is 8.89. The summed E-state index contributed by atoms with van der Waals surface area (Å²) < 4.78 is 7.18. The van der Waals surface area contributed by atoms with Crippen LogP contribution < -0.4 is 25.6 Å². The van der Waals surface area contributed by atoms with Gasteiger partial charge in [0.1, 0.15) is 17.1 Å². The van der Waals surface area contributed by atoms with E-state index in [1.165, 1.54) is 0 Å². The van der Waals surface area contributed by atoms with Crippen molar-refractivity contribution < 1.29 is 9.53 Å². The molecule has 0 saturated carbocycles. The number of hydrogen-bond donors (Lipinski definition) is 3. The minimum Gasteiger partial charge on any atom is -0.494 e. The standard InChI is InChI=1S/C24H34N8O2/c1-30(2)12-13-31(3)18-7-8-20(21(14-18)34-4)28-24(33)19-16-26-32-11-9-22(29-23(19)32)27-17-6-5-10-25-15-17/h7-9,11,14,16-17,25H,5-6,10,12-13,15H2,1-4H3,(H,27,29)(H,28,33)/t17-/m1/s1. The average Bonchev–Trinajstić information content (AvgIpc) is 3.27. The molecule has 1 atom stereocenters. The van der Waals surface area contributed by atoms with E-state index in [-0.39, 0.29) is 5.91 Å². The summed E-state index contributed by atoms with van der Waals surface area (Å²) in [5.74, 6) is 1.04. The molecule has 0 radical (unpaired) electrons. The SMILES string of the molecule is COc1cc(N(C)CCN(C)C)ccc1NC(=O)c1cnn2ccc(N[C@@H]3CCCNC3)nc12. The van der Waals surface area contributed by atoms with E-state index in [1.54, 1.807) is 17.8 Å². The first kappa shape index (κ1) is 23.8. The van der Waals surface area contributed by atoms with Crippen LogP contribution in [-0.4, -0.2) is 85.9 Å². The number of nitrogens with zero attached hydrogens (tertiary/aromatic N) is 5. The maximum atomic E-state index is 13.1. The first-order valence-corrected chi connectivity index (χ1v) is 11.6. The number of piperidine rings is 1. The summed E-state index contributed by atoms with van der Waals surface area (Å²) in [4.78, 5) is 22.1. The van der Waals surface area contributed by atoms with E-state index in [0.29, 0.717) is 28.7 Å². The van der Waals surface area contributed by atoms with Crippen LogP contribution in [0.15, 0.2) is 36.7 Å². The van der Waals surface area contributed by atoms with E-state index in [1.807, 2.05) is 37.5 Å². The minimum absolute atomic E-state index is 0.286. The molecule has 3 N–H and O–H groups in total. The van der Waals surface area contributed by atoms with Gasteiger partial charge in [-0.15, -0.1) is 0 Å². The summed E-state index contributed by atoms with van der Waals surface area (Å²) in [6.07, 6.45) is 5.58. The molecule has 10 nitrogen and oxygen atoms in total. The molecule has 1 aliphatic heterocycles. The number of nitrogens with one attached hydrogen (secondary N) is 3. The Hall–Kier alpha value is -3.37. The zero-order valence-corrected chi connectivity index (χ0v) is 20.3. The number of methoxy groups -OCH3 is 1. The molecular weight excluding hydrogens is 432 g/mol. The highest BCUT2D eigenvalue weighted by molar-refractivity contribution is 6.08. The van der Waals surface area contributed by atoms with Crippen molar-refractivity contribution in [3.05, 3.63) is 42.2 Å². The lowest BCUT2D eigenvalue weighted by Gasteiger charge is -2.24. The molecule has 1 aliphatic rings. The van der Waals surface area contributed by atoms with Crippen LogP contribution in [-0.2, 0) is 0 Å². The Morgan fingerprint density at radius 2 is 2.12 bits per heavy atom. The van der Waals surface area contributed by atoms with Crippen LogP contribution in [0.25, 0.3) is 5.65 Å². The molecule has 3 heterocycles. The van der Waals surface area contributed by atoms with Gasteiger partial charge in [-0.1, -0.05) is 0 Å². The fraction of sp³-hybridized carbons (Fsp3) is 0.458. The summed E-state index contributed by atoms with van der Waals surface area (Å²) in [6, 6.07) is 7.97. The number of carbonyl (C=O) groups is 1. The zero-order valence-electron chi connectivity index (χ0n) is 20.3. The predicted molar refractivity (Wildman–Crippen MR) is 135 cm³/mol. The fourth-order valence-corrected chi connectivity index (χ4v) is 3.98. The number of carbonyl (C=O) groups excluding carboxylic acids is 1. The van der Waals surface area contributed by atoms with Gasteiger partial charge in [-0.05, 0) is 51.7 Å². The Morgan fingerprint density at radius 3 is 2.85 bits per heavy atom. The van der Waals surface area contributed by atoms with Crippen molar-refractivity contribution in [2.75, 3.05) is 70.0 Å². The summed E-state index contributed by atoms with van der Waals surface area (Å²) in [6.45, 7) is 3.77. The van der Waals surface area contributed by atoms with Gasteiger partial charge in [-0.3, -0.25) is 4.79 Å². The normalized spacial score (nSPS) is 16.0. The third kappa shape index (κ3) is 5.57. The van der Waals surface area contributed by atoms with Crippen LogP contribution in [0.4, 0.5) is 17.2 Å². The van der Waals surface area contributed by atoms with Crippen molar-refractivity contribution in [1.82, 2.24) is 24.8 Å². The molecule has 4 rings (SSSR count). The first-order chi connectivity index (χ1) is 16.4. The van der Waals surface area contributed by atoms with Crippen LogP contribution in [0, 0.1) is 0 Å². The summed E-state index contributed by atoms with van der Waals surface area (Å²) in [5.41, 5.74) is 2.52. The van der Waals surface area contributed by atoms with Crippen molar-refractivity contribution in [1.29, 1.82) is 0 Å². The first-order valence-electron chi connectivity index (χ1n) is 11.6. The van der Waals surface area contributed by atoms with E-state index in [2.05, 4.69) is 49.9 Å². The number of fused-ring (bicyclic) bond motifs is 1. The maximum Gasteiger partial charge on any atom is 0.261 e. The largest absolute Gasteiger partial charge is 0.494 e. The molecule has 1 amide bonds. The average molecular weight is 467 g/mol. The Balaban J connectivity index is 1.50. The van der Waals surface area contributed by atoms with Crippen molar-refractivity contribution in [2.45, 2.75) is 18.9 Å². The molecule has 3 aromatic rings. The van der Waals surface area contributed by atoms with Crippen molar-refractivity contribution in [3.8, 4) is 5.75 Å². The minimum atomic E-state index is -0.286. The second-order valence-electron chi connectivity index (χ2n) is 8.89. The number of rotatable bonds is 9. The number of likely N-dealkylation sites (N-methyl/N-ethyl adjacent to an activating group) is 2. The molecule has 0 aliphatic carbocycles. The zero-order chi connectivity index (χ0) is 24.1. The third-order valence-electron chi connectivity index (χ3n) is 6.02. The smallest absolute Gasteiger partial charge is 0.261 e. The molecule has 0 spiro atoms. The Morgan fingerprint density at radius 1 is 1.26 bits per heavy atom. The molecule has 10 heteroatoms. The Labute approximate surface area is 200 Å². The van der Waals surface area contributed by atoms with Crippen LogP contribution in [0.3, 0.4) is 0 Å². The lowest BCUT2D eigenvalue weighted by Crippen LogP contribution is -2.38. The highest BCUT2D eigenvalue weighted by Crippen LogP contribution is 2.30. The fourth-order valence-electron chi connectivity index (χ4n) is 3.98. The highest BCUT2D eigenvalue weighted by Gasteiger charge is 2.18. The summed E-state index contributed by atoms with van der Waals surface area (Å²) in [7, 11) is 7.74. The van der Waals surface area contributed by atoms with Crippen LogP contribution in [0.5, 0.6) is 5.75 Å². The number of aromatic nitrogens is 3. The van der Waals surface area contributed by atoms with Crippen LogP contribution in [0.2, 0.25) is 0 Å². The van der Waals surface area contributed by atoms with E-state index in [0.717, 1.165) is 50.5 Å². The molecule has 1 fully saturated rings. The lowest BCUT2D eigenvalue weighted by atomic mass is 10.1. The van der Waals surface area contributed by atoms with Gasteiger partial charge in [0.05, 0.1) is 19.0 Å². The Kier molecular flexibility index (Phi) is 7.49. The van der Waals surface area contributed by atoms with Crippen molar-refractivity contribution in [2.24, 2.45) is 0 Å². The van der Waals surface area contributed by atoms with Crippen LogP contribution >= 0.6 is 0 Å². The van der Waals surface area contributed by atoms with Gasteiger partial charge in [0.25, 0.3) is 5.91 Å². The predicted octanol–water partition coefficient (Wildman–Crippen LogP) is 2.15. The second kappa shape index (κ2) is 10.7. The number of amides is 1. The Bertz CT molecular complexity index is 1120. The van der Waals surface area contributed by atoms with Crippen molar-refractivity contribution in [3.63, 3.8) is 0 Å². The summed E-state index contributed by atoms with van der Waals surface area (Å²) in [5, 5.41) is 14.1. The molecule has 0 bridgehead atoms. The highest BCUT2D eigenvalue weighted by atomic mass is 16.5. The van der Waals surface area contributed by atoms with Gasteiger partial charge in [0, 0.05) is 50.7 Å². The summed E-state index contributed by atoms with van der Waals surface area (Å²) >= 11 is 0. The van der Waals surface area contributed by atoms with Gasteiger partial charge >= 0.3 is 0 Å². The quantitative estimate of drug-likeness (QED) is 0.441. The molecule has 2 aromatic heterocycles.